The Kier molecular flexibility index (Phi) is 2.49. The number of halogens is 5. The van der Waals surface area contributed by atoms with E-state index in [1.807, 2.05) is 0 Å². The van der Waals surface area contributed by atoms with Gasteiger partial charge in [-0.1, -0.05) is 23.2 Å². The molecule has 1 rings (SSSR count). The van der Waals surface area contributed by atoms with Crippen LogP contribution in [0.4, 0.5) is 13.2 Å². The van der Waals surface area contributed by atoms with Gasteiger partial charge in [0.15, 0.2) is 0 Å². The summed E-state index contributed by atoms with van der Waals surface area (Å²) in [6.45, 7) is 0. The van der Waals surface area contributed by atoms with Crippen LogP contribution in [0.5, 0.6) is 0 Å². The third-order valence-electron chi connectivity index (χ3n) is 1.09. The number of aromatic nitrogens is 1. The van der Waals surface area contributed by atoms with E-state index in [4.69, 9.17) is 23.2 Å². The van der Waals surface area contributed by atoms with E-state index >= 15 is 0 Å². The van der Waals surface area contributed by atoms with Crippen LogP contribution < -0.4 is 0 Å². The highest BCUT2D eigenvalue weighted by molar-refractivity contribution is 6.42. The van der Waals surface area contributed by atoms with Gasteiger partial charge in [-0.05, 0) is 0 Å². The lowest BCUT2D eigenvalue weighted by molar-refractivity contribution is -0.137. The highest BCUT2D eigenvalue weighted by atomic mass is 35.5. The number of pyridine rings is 1. The molecule has 1 nitrogen and oxygen atoms in total. The minimum Gasteiger partial charge on any atom is -0.252 e. The summed E-state index contributed by atoms with van der Waals surface area (Å²) in [5, 5.41) is -0.898. The highest BCUT2D eigenvalue weighted by Crippen LogP contribution is 2.36. The Bertz CT molecular complexity index is 297. The molecule has 0 unspecified atom stereocenters. The number of alkyl halides is 3. The average molecular weight is 215 g/mol. The van der Waals surface area contributed by atoms with Gasteiger partial charge in [0.1, 0.15) is 6.20 Å². The topological polar surface area (TPSA) is 12.9 Å². The number of hydrogen-bond donors (Lipinski definition) is 0. The lowest BCUT2D eigenvalue weighted by Gasteiger charge is -2.07. The van der Waals surface area contributed by atoms with Crippen molar-refractivity contribution in [3.05, 3.63) is 28.0 Å². The third kappa shape index (κ3) is 1.81. The standard InChI is InChI=1S/C6HCl2F3N/c7-4-2-12-1-3(5(4)8)6(9,10)11/h1H. The monoisotopic (exact) mass is 214 g/mol. The second-order valence-corrected chi connectivity index (χ2v) is 2.67. The Hall–Kier alpha value is -0.480. The average Bonchev–Trinajstić information content (AvgIpc) is 1.92. The summed E-state index contributed by atoms with van der Waals surface area (Å²) in [6, 6.07) is 0. The van der Waals surface area contributed by atoms with Crippen molar-refractivity contribution >= 4 is 23.2 Å². The number of rotatable bonds is 0. The second-order valence-electron chi connectivity index (χ2n) is 1.91. The van der Waals surface area contributed by atoms with Crippen LogP contribution in [0.25, 0.3) is 0 Å². The largest absolute Gasteiger partial charge is 0.419 e. The third-order valence-corrected chi connectivity index (χ3v) is 1.85. The molecule has 0 bridgehead atoms. The molecule has 12 heavy (non-hydrogen) atoms. The minimum atomic E-state index is -4.52. The quantitative estimate of drug-likeness (QED) is 0.647. The van der Waals surface area contributed by atoms with Gasteiger partial charge in [-0.15, -0.1) is 0 Å². The second kappa shape index (κ2) is 3.11. The van der Waals surface area contributed by atoms with Crippen molar-refractivity contribution < 1.29 is 13.2 Å². The van der Waals surface area contributed by atoms with Crippen molar-refractivity contribution in [2.75, 3.05) is 0 Å². The zero-order valence-electron chi connectivity index (χ0n) is 5.41. The van der Waals surface area contributed by atoms with Gasteiger partial charge in [0.2, 0.25) is 0 Å². The normalized spacial score (nSPS) is 11.8. The van der Waals surface area contributed by atoms with Crippen molar-refractivity contribution in [2.45, 2.75) is 6.18 Å². The summed E-state index contributed by atoms with van der Waals surface area (Å²) >= 11 is 10.5. The molecule has 0 aliphatic heterocycles. The lowest BCUT2D eigenvalue weighted by atomic mass is 10.3. The van der Waals surface area contributed by atoms with Gasteiger partial charge in [-0.2, -0.15) is 13.2 Å². The maximum Gasteiger partial charge on any atom is 0.419 e. The van der Waals surface area contributed by atoms with Gasteiger partial charge in [-0.25, -0.2) is 0 Å². The molecule has 0 amide bonds. The number of hydrogen-bond acceptors (Lipinski definition) is 1. The molecule has 1 aromatic heterocycles. The zero-order chi connectivity index (χ0) is 9.35. The Morgan fingerprint density at radius 3 is 2.33 bits per heavy atom. The summed E-state index contributed by atoms with van der Waals surface area (Å²) in [7, 11) is 0. The fourth-order valence-electron chi connectivity index (χ4n) is 0.575. The molecular formula is C6HCl2F3N. The molecule has 0 aliphatic carbocycles. The van der Waals surface area contributed by atoms with Gasteiger partial charge >= 0.3 is 6.18 Å². The Morgan fingerprint density at radius 2 is 1.92 bits per heavy atom. The first-order chi connectivity index (χ1) is 5.43. The molecule has 6 heteroatoms. The van der Waals surface area contributed by atoms with Crippen LogP contribution in [0.1, 0.15) is 5.56 Å². The molecule has 1 heterocycles. The van der Waals surface area contributed by atoms with E-state index < -0.39 is 16.8 Å². The molecule has 0 saturated heterocycles. The SMILES string of the molecule is FC(F)(F)c1cn[c]c(Cl)c1Cl. The van der Waals surface area contributed by atoms with Crippen LogP contribution >= 0.6 is 23.2 Å². The van der Waals surface area contributed by atoms with E-state index in [2.05, 4.69) is 11.2 Å². The summed E-state index contributed by atoms with van der Waals surface area (Å²) in [5.74, 6) is 0. The summed E-state index contributed by atoms with van der Waals surface area (Å²) in [5.41, 5.74) is -1.05. The van der Waals surface area contributed by atoms with Crippen molar-refractivity contribution in [1.29, 1.82) is 0 Å². The van der Waals surface area contributed by atoms with Gasteiger partial charge < -0.3 is 0 Å². The lowest BCUT2D eigenvalue weighted by Crippen LogP contribution is -2.06. The van der Waals surface area contributed by atoms with Gasteiger partial charge in [0, 0.05) is 6.20 Å². The van der Waals surface area contributed by atoms with Crippen molar-refractivity contribution in [3.63, 3.8) is 0 Å². The van der Waals surface area contributed by atoms with Crippen molar-refractivity contribution in [2.24, 2.45) is 0 Å². The van der Waals surface area contributed by atoms with Gasteiger partial charge in [0.05, 0.1) is 15.6 Å². The van der Waals surface area contributed by atoms with Crippen LogP contribution in [0.3, 0.4) is 0 Å². The molecule has 0 aromatic carbocycles. The van der Waals surface area contributed by atoms with Crippen LogP contribution in [0.15, 0.2) is 6.20 Å². The fourth-order valence-corrected chi connectivity index (χ4v) is 0.924. The van der Waals surface area contributed by atoms with E-state index in [0.717, 1.165) is 0 Å². The van der Waals surface area contributed by atoms with Gasteiger partial charge in [-0.3, -0.25) is 4.98 Å². The Morgan fingerprint density at radius 1 is 1.33 bits per heavy atom. The molecule has 0 fully saturated rings. The predicted octanol–water partition coefficient (Wildman–Crippen LogP) is 3.21. The molecule has 0 aliphatic rings. The first-order valence-electron chi connectivity index (χ1n) is 2.72. The van der Waals surface area contributed by atoms with Crippen LogP contribution in [-0.2, 0) is 6.18 Å². The van der Waals surface area contributed by atoms with E-state index in [-0.39, 0.29) is 5.02 Å². The highest BCUT2D eigenvalue weighted by Gasteiger charge is 2.34. The Labute approximate surface area is 76.1 Å². The fraction of sp³-hybridized carbons (Fsp3) is 0.167. The molecule has 65 valence electrons. The minimum absolute atomic E-state index is 0.327. The maximum absolute atomic E-state index is 12.0. The van der Waals surface area contributed by atoms with Crippen molar-refractivity contribution in [1.82, 2.24) is 4.98 Å². The van der Waals surface area contributed by atoms with E-state index in [9.17, 15) is 13.2 Å². The maximum atomic E-state index is 12.0. The van der Waals surface area contributed by atoms with Crippen LogP contribution in [0, 0.1) is 6.20 Å². The smallest absolute Gasteiger partial charge is 0.252 e. The molecule has 0 N–H and O–H groups in total. The molecule has 1 radical (unpaired) electrons. The first kappa shape index (κ1) is 9.61. The van der Waals surface area contributed by atoms with E-state index in [0.29, 0.717) is 6.20 Å². The zero-order valence-corrected chi connectivity index (χ0v) is 6.93. The van der Waals surface area contributed by atoms with E-state index in [1.165, 1.54) is 0 Å². The number of nitrogens with zero attached hydrogens (tertiary/aromatic N) is 1. The van der Waals surface area contributed by atoms with Crippen LogP contribution in [-0.4, -0.2) is 4.98 Å². The van der Waals surface area contributed by atoms with Gasteiger partial charge in [0.25, 0.3) is 0 Å². The first-order valence-corrected chi connectivity index (χ1v) is 3.47. The van der Waals surface area contributed by atoms with Crippen LogP contribution in [0.2, 0.25) is 10.0 Å². The molecule has 1 aromatic rings. The van der Waals surface area contributed by atoms with E-state index in [1.54, 1.807) is 0 Å². The summed E-state index contributed by atoms with van der Waals surface area (Å²) in [6.07, 6.45) is -1.85. The Balaban J connectivity index is 3.26. The molecule has 0 saturated carbocycles. The summed E-state index contributed by atoms with van der Waals surface area (Å²) in [4.78, 5) is 3.15. The summed E-state index contributed by atoms with van der Waals surface area (Å²) < 4.78 is 36.1. The molecule has 0 spiro atoms. The molecular weight excluding hydrogens is 214 g/mol. The predicted molar refractivity (Wildman–Crippen MR) is 38.1 cm³/mol. The molecule has 0 atom stereocenters. The van der Waals surface area contributed by atoms with Crippen molar-refractivity contribution in [3.8, 4) is 0 Å².